The minimum Gasteiger partial charge on any atom is -0.370 e. The van der Waals surface area contributed by atoms with Crippen molar-refractivity contribution in [2.75, 3.05) is 36.9 Å². The summed E-state index contributed by atoms with van der Waals surface area (Å²) < 4.78 is 18.9. The van der Waals surface area contributed by atoms with E-state index in [1.165, 1.54) is 23.9 Å². The third-order valence-corrected chi connectivity index (χ3v) is 5.81. The number of fused-ring (bicyclic) bond motifs is 1. The monoisotopic (exact) mass is 386 g/mol. The molecule has 2 aromatic rings. The van der Waals surface area contributed by atoms with E-state index in [4.69, 9.17) is 4.74 Å². The van der Waals surface area contributed by atoms with Gasteiger partial charge in [0.15, 0.2) is 0 Å². The zero-order chi connectivity index (χ0) is 18.8. The van der Waals surface area contributed by atoms with Crippen molar-refractivity contribution in [2.45, 2.75) is 11.0 Å². The van der Waals surface area contributed by atoms with Gasteiger partial charge in [0.25, 0.3) is 0 Å². The number of nitrogens with zero attached hydrogens (tertiary/aromatic N) is 2. The number of ether oxygens (including phenoxy) is 1. The Hall–Kier alpha value is -2.38. The van der Waals surface area contributed by atoms with Gasteiger partial charge in [0.1, 0.15) is 18.5 Å². The van der Waals surface area contributed by atoms with Gasteiger partial charge in [-0.2, -0.15) is 0 Å². The highest BCUT2D eigenvalue weighted by Gasteiger charge is 2.30. The molecule has 0 saturated carbocycles. The molecule has 0 N–H and O–H groups in total. The van der Waals surface area contributed by atoms with E-state index in [0.717, 1.165) is 16.1 Å². The van der Waals surface area contributed by atoms with Gasteiger partial charge in [0.05, 0.1) is 24.6 Å². The van der Waals surface area contributed by atoms with E-state index in [-0.39, 0.29) is 30.3 Å². The van der Waals surface area contributed by atoms with Crippen molar-refractivity contribution in [3.63, 3.8) is 0 Å². The first-order valence-electron chi connectivity index (χ1n) is 8.79. The normalized spacial score (nSPS) is 19.7. The summed E-state index contributed by atoms with van der Waals surface area (Å²) in [6.07, 6.45) is -0.289. The molecular weight excluding hydrogens is 367 g/mol. The molecule has 0 spiro atoms. The van der Waals surface area contributed by atoms with Gasteiger partial charge in [-0.15, -0.1) is 11.8 Å². The number of halogens is 1. The molecule has 140 valence electrons. The lowest BCUT2D eigenvalue weighted by atomic mass is 10.1. The number of para-hydroxylation sites is 1. The van der Waals surface area contributed by atoms with Crippen molar-refractivity contribution in [3.05, 3.63) is 59.9 Å². The third kappa shape index (κ3) is 3.84. The Bertz CT molecular complexity index is 859. The molecule has 0 radical (unpaired) electrons. The summed E-state index contributed by atoms with van der Waals surface area (Å²) in [5.74, 6) is -0.135. The molecule has 2 aromatic carbocycles. The maximum absolute atomic E-state index is 13.1. The molecule has 4 rings (SSSR count). The highest BCUT2D eigenvalue weighted by Crippen LogP contribution is 2.35. The van der Waals surface area contributed by atoms with Gasteiger partial charge in [-0.25, -0.2) is 4.39 Å². The van der Waals surface area contributed by atoms with Crippen molar-refractivity contribution < 1.29 is 18.7 Å². The molecule has 1 fully saturated rings. The van der Waals surface area contributed by atoms with E-state index < -0.39 is 0 Å². The van der Waals surface area contributed by atoms with Crippen LogP contribution < -0.4 is 4.90 Å². The molecule has 2 heterocycles. The average molecular weight is 386 g/mol. The number of morpholine rings is 1. The van der Waals surface area contributed by atoms with Crippen LogP contribution in [0, 0.1) is 5.82 Å². The van der Waals surface area contributed by atoms with Gasteiger partial charge in [-0.3, -0.25) is 9.59 Å². The number of hydrogen-bond donors (Lipinski definition) is 0. The smallest absolute Gasteiger partial charge is 0.242 e. The molecule has 7 heteroatoms. The van der Waals surface area contributed by atoms with E-state index in [9.17, 15) is 14.0 Å². The van der Waals surface area contributed by atoms with Crippen LogP contribution in [0.25, 0.3) is 0 Å². The van der Waals surface area contributed by atoms with Crippen LogP contribution in [0.4, 0.5) is 10.1 Å². The molecule has 2 aliphatic heterocycles. The van der Waals surface area contributed by atoms with Crippen LogP contribution in [-0.2, 0) is 14.3 Å². The Balaban J connectivity index is 1.46. The lowest BCUT2D eigenvalue weighted by molar-refractivity contribution is -0.138. The number of anilines is 1. The maximum Gasteiger partial charge on any atom is 0.242 e. The van der Waals surface area contributed by atoms with Gasteiger partial charge >= 0.3 is 0 Å². The Morgan fingerprint density at radius 3 is 2.78 bits per heavy atom. The molecule has 27 heavy (non-hydrogen) atoms. The van der Waals surface area contributed by atoms with Crippen molar-refractivity contribution in [3.8, 4) is 0 Å². The van der Waals surface area contributed by atoms with Gasteiger partial charge in [0.2, 0.25) is 11.8 Å². The predicted octanol–water partition coefficient (Wildman–Crippen LogP) is 2.86. The highest BCUT2D eigenvalue weighted by molar-refractivity contribution is 8.00. The number of carbonyl (C=O) groups is 2. The molecule has 0 aliphatic carbocycles. The summed E-state index contributed by atoms with van der Waals surface area (Å²) in [5.41, 5.74) is 1.63. The Labute approximate surface area is 161 Å². The number of amides is 2. The molecular formula is C20H19FN2O3S. The highest BCUT2D eigenvalue weighted by atomic mass is 32.2. The van der Waals surface area contributed by atoms with Crippen LogP contribution in [0.5, 0.6) is 0 Å². The summed E-state index contributed by atoms with van der Waals surface area (Å²) in [6, 6.07) is 13.8. The van der Waals surface area contributed by atoms with Crippen molar-refractivity contribution in [1.82, 2.24) is 4.90 Å². The van der Waals surface area contributed by atoms with Gasteiger partial charge in [0, 0.05) is 11.4 Å². The summed E-state index contributed by atoms with van der Waals surface area (Å²) in [4.78, 5) is 29.5. The molecule has 2 amide bonds. The number of benzene rings is 2. The summed E-state index contributed by atoms with van der Waals surface area (Å²) >= 11 is 1.50. The van der Waals surface area contributed by atoms with Crippen LogP contribution in [-0.4, -0.2) is 48.7 Å². The molecule has 1 saturated heterocycles. The van der Waals surface area contributed by atoms with Crippen LogP contribution in [0.2, 0.25) is 0 Å². The van der Waals surface area contributed by atoms with Gasteiger partial charge < -0.3 is 14.5 Å². The van der Waals surface area contributed by atoms with Crippen molar-refractivity contribution >= 4 is 29.3 Å². The van der Waals surface area contributed by atoms with Crippen LogP contribution in [0.3, 0.4) is 0 Å². The molecule has 0 aromatic heterocycles. The molecule has 1 unspecified atom stereocenters. The van der Waals surface area contributed by atoms with Crippen molar-refractivity contribution in [1.29, 1.82) is 0 Å². The zero-order valence-electron chi connectivity index (χ0n) is 14.6. The van der Waals surface area contributed by atoms with E-state index >= 15 is 0 Å². The number of thioether (sulfide) groups is 1. The molecule has 1 atom stereocenters. The fourth-order valence-electron chi connectivity index (χ4n) is 3.32. The Morgan fingerprint density at radius 2 is 1.96 bits per heavy atom. The Morgan fingerprint density at radius 1 is 1.19 bits per heavy atom. The first-order chi connectivity index (χ1) is 13.1. The van der Waals surface area contributed by atoms with E-state index in [1.807, 2.05) is 24.3 Å². The predicted molar refractivity (Wildman–Crippen MR) is 101 cm³/mol. The minimum absolute atomic E-state index is 0.0204. The van der Waals surface area contributed by atoms with E-state index in [2.05, 4.69) is 0 Å². The molecule has 0 bridgehead atoms. The Kier molecular flexibility index (Phi) is 5.13. The number of hydrogen-bond acceptors (Lipinski definition) is 4. The fraction of sp³-hybridized carbons (Fsp3) is 0.300. The maximum atomic E-state index is 13.1. The fourth-order valence-corrected chi connectivity index (χ4v) is 4.25. The largest absolute Gasteiger partial charge is 0.370 e. The summed E-state index contributed by atoms with van der Waals surface area (Å²) in [7, 11) is 0. The first-order valence-corrected chi connectivity index (χ1v) is 9.77. The first kappa shape index (κ1) is 18.0. The van der Waals surface area contributed by atoms with E-state index in [0.29, 0.717) is 25.4 Å². The van der Waals surface area contributed by atoms with E-state index in [1.54, 1.807) is 21.9 Å². The quantitative estimate of drug-likeness (QED) is 0.814. The van der Waals surface area contributed by atoms with Crippen LogP contribution in [0.15, 0.2) is 53.4 Å². The number of rotatable bonds is 3. The summed E-state index contributed by atoms with van der Waals surface area (Å²) in [6.45, 7) is 1.30. The molecule has 2 aliphatic rings. The zero-order valence-corrected chi connectivity index (χ0v) is 15.5. The van der Waals surface area contributed by atoms with Crippen LogP contribution in [0.1, 0.15) is 11.7 Å². The van der Waals surface area contributed by atoms with Gasteiger partial charge in [-0.05, 0) is 29.8 Å². The standard InChI is InChI=1S/C20H19FN2O3S/c21-15-7-5-14(6-8-15)17-11-22(9-10-26-17)19(24)12-23-16-3-1-2-4-18(16)27-13-20(23)25/h1-8,17H,9-13H2. The second-order valence-electron chi connectivity index (χ2n) is 6.49. The third-order valence-electron chi connectivity index (χ3n) is 4.76. The average Bonchev–Trinajstić information content (AvgIpc) is 2.71. The summed E-state index contributed by atoms with van der Waals surface area (Å²) in [5, 5.41) is 0. The van der Waals surface area contributed by atoms with Crippen LogP contribution >= 0.6 is 11.8 Å². The second-order valence-corrected chi connectivity index (χ2v) is 7.50. The topological polar surface area (TPSA) is 49.9 Å². The SMILES string of the molecule is O=C(CN1C(=O)CSc2ccccc21)N1CCOC(c2ccc(F)cc2)C1. The second kappa shape index (κ2) is 7.70. The lowest BCUT2D eigenvalue weighted by Crippen LogP contribution is -2.49. The lowest BCUT2D eigenvalue weighted by Gasteiger charge is -2.35. The molecule has 5 nitrogen and oxygen atoms in total. The number of carbonyl (C=O) groups excluding carboxylic acids is 2. The van der Waals surface area contributed by atoms with Gasteiger partial charge in [-0.1, -0.05) is 24.3 Å². The minimum atomic E-state index is -0.303. The van der Waals surface area contributed by atoms with Crippen molar-refractivity contribution in [2.24, 2.45) is 0 Å².